The number of rotatable bonds is 3. The summed E-state index contributed by atoms with van der Waals surface area (Å²) in [4.78, 5) is 1.51. The number of hydrogen-bond acceptors (Lipinski definition) is 2. The first kappa shape index (κ1) is 14.8. The first-order valence-electron chi connectivity index (χ1n) is 2.75. The van der Waals surface area contributed by atoms with E-state index in [1.807, 2.05) is 0 Å². The maximum absolute atomic E-state index is 10.5. The molecule has 7 heteroatoms. The predicted octanol–water partition coefficient (Wildman–Crippen LogP) is 0.696. The van der Waals surface area contributed by atoms with Crippen LogP contribution in [0, 0.1) is 5.41 Å². The summed E-state index contributed by atoms with van der Waals surface area (Å²) in [7, 11) is -0.210. The second-order valence-electron chi connectivity index (χ2n) is 1.80. The Hall–Kier alpha value is 0.263. The zero-order valence-electron chi connectivity index (χ0n) is 6.99. The topological polar surface area (TPSA) is 49.7 Å². The van der Waals surface area contributed by atoms with Gasteiger partial charge in [0.15, 0.2) is 0 Å². The van der Waals surface area contributed by atoms with E-state index in [9.17, 15) is 8.42 Å². The van der Waals surface area contributed by atoms with E-state index in [2.05, 4.69) is 24.6 Å². The van der Waals surface area contributed by atoms with Crippen LogP contribution in [0.25, 0.3) is 0 Å². The van der Waals surface area contributed by atoms with Crippen molar-refractivity contribution in [1.82, 2.24) is 4.90 Å². The van der Waals surface area contributed by atoms with Gasteiger partial charge in [-0.1, -0.05) is 0 Å². The molecule has 0 unspecified atom stereocenters. The third kappa shape index (κ3) is 10.3. The van der Waals surface area contributed by atoms with E-state index in [0.717, 1.165) is 0 Å². The fourth-order valence-corrected chi connectivity index (χ4v) is 0.581. The minimum absolute atomic E-state index is 1.17. The molecule has 0 aliphatic rings. The van der Waals surface area contributed by atoms with E-state index < -0.39 is 10.0 Å². The number of sulfonamides is 1. The average molecular weight is 306 g/mol. The molecule has 0 spiro atoms. The van der Waals surface area contributed by atoms with Crippen molar-refractivity contribution in [3.8, 4) is 0 Å². The van der Waals surface area contributed by atoms with E-state index in [1.54, 1.807) is 19.5 Å². The van der Waals surface area contributed by atoms with Crippen LogP contribution >= 0.6 is 13.6 Å². The summed E-state index contributed by atoms with van der Waals surface area (Å²) in [6, 6.07) is 0. The molecule has 0 saturated heterocycles. The molecule has 0 fully saturated rings. The molecule has 0 amide bonds. The zero-order valence-corrected chi connectivity index (χ0v) is 12.4. The summed E-state index contributed by atoms with van der Waals surface area (Å²) in [5, 5.41) is 1.79. The Labute approximate surface area is 89.8 Å². The molecule has 4 nitrogen and oxygen atoms in total. The van der Waals surface area contributed by atoms with Crippen LogP contribution in [0.3, 0.4) is 0 Å². The average Bonchev–Trinajstić information content (AvgIpc) is 2.05. The fraction of sp³-hybridized carbons (Fsp3) is 0.400. The van der Waals surface area contributed by atoms with Crippen LogP contribution in [0.15, 0.2) is 11.0 Å². The van der Waals surface area contributed by atoms with Gasteiger partial charge < -0.3 is 10.3 Å². The molecule has 0 radical (unpaired) electrons. The molecule has 0 atom stereocenters. The van der Waals surface area contributed by atoms with Gasteiger partial charge >= 0.3 is 30.0 Å². The van der Waals surface area contributed by atoms with Crippen molar-refractivity contribution in [3.63, 3.8) is 0 Å². The molecular formula is C5H9BrN2O2SZn. The Morgan fingerprint density at radius 2 is 2.00 bits per heavy atom. The third-order valence-electron chi connectivity index (χ3n) is 0.599. The Balaban J connectivity index is 0. The van der Waals surface area contributed by atoms with E-state index >= 15 is 0 Å². The summed E-state index contributed by atoms with van der Waals surface area (Å²) in [6.45, 7) is 2.97. The van der Waals surface area contributed by atoms with Gasteiger partial charge in [-0.05, 0) is 0 Å². The second-order valence-corrected chi connectivity index (χ2v) is 3.25. The molecule has 0 heterocycles. The summed E-state index contributed by atoms with van der Waals surface area (Å²) in [6.07, 6.45) is 1.17. The van der Waals surface area contributed by atoms with E-state index in [-0.39, 0.29) is 0 Å². The molecule has 0 aromatic heterocycles. The summed E-state index contributed by atoms with van der Waals surface area (Å²) in [5.74, 6) is 0. The summed E-state index contributed by atoms with van der Waals surface area (Å²) >= 11 is 4.25. The van der Waals surface area contributed by atoms with Gasteiger partial charge in [0.05, 0.1) is 0 Å². The molecule has 0 N–H and O–H groups in total. The van der Waals surface area contributed by atoms with Crippen molar-refractivity contribution >= 4 is 30.0 Å². The normalized spacial score (nSPS) is 10.4. The van der Waals surface area contributed by atoms with Crippen molar-refractivity contribution in [1.29, 1.82) is 0 Å². The molecule has 0 aliphatic heterocycles. The fourth-order valence-electron chi connectivity index (χ4n) is 0.194. The Bertz CT molecular complexity index is 238. The molecular weight excluding hydrogens is 297 g/mol. The number of halogens is 1. The molecule has 0 aromatic carbocycles. The van der Waals surface area contributed by atoms with Crippen LogP contribution in [0.4, 0.5) is 0 Å². The van der Waals surface area contributed by atoms with E-state index in [4.69, 9.17) is 0 Å². The number of hydrogen-bond donors (Lipinski definition) is 0. The second kappa shape index (κ2) is 7.89. The van der Waals surface area contributed by atoms with Crippen LogP contribution in [0.1, 0.15) is 0 Å². The van der Waals surface area contributed by atoms with Crippen LogP contribution in [0.5, 0.6) is 0 Å². The summed E-state index contributed by atoms with van der Waals surface area (Å²) < 4.78 is 24.2. The zero-order chi connectivity index (χ0) is 10.2. The van der Waals surface area contributed by atoms with E-state index in [1.165, 1.54) is 27.6 Å². The van der Waals surface area contributed by atoms with Crippen molar-refractivity contribution < 1.29 is 24.8 Å². The predicted molar refractivity (Wildman–Crippen MR) is 48.9 cm³/mol. The Morgan fingerprint density at radius 1 is 1.58 bits per heavy atom. The summed E-state index contributed by atoms with van der Waals surface area (Å²) in [5.41, 5.74) is 0. The minimum atomic E-state index is -3.55. The van der Waals surface area contributed by atoms with Gasteiger partial charge in [0.2, 0.25) is 0 Å². The van der Waals surface area contributed by atoms with Gasteiger partial charge in [0, 0.05) is 14.1 Å². The van der Waals surface area contributed by atoms with Gasteiger partial charge in [0.25, 0.3) is 0 Å². The SMILES string of the molecule is C=[C-]S(=O)(=O)N=CN(C)C.[Zn+][Br]. The van der Waals surface area contributed by atoms with Crippen molar-refractivity contribution in [3.05, 3.63) is 12.0 Å². The molecule has 0 saturated carbocycles. The van der Waals surface area contributed by atoms with Crippen LogP contribution in [-0.4, -0.2) is 33.8 Å². The van der Waals surface area contributed by atoms with Crippen LogP contribution in [0.2, 0.25) is 0 Å². The van der Waals surface area contributed by atoms with Crippen molar-refractivity contribution in [2.75, 3.05) is 14.1 Å². The van der Waals surface area contributed by atoms with Gasteiger partial charge in [-0.25, -0.2) is 8.42 Å². The van der Waals surface area contributed by atoms with Crippen LogP contribution < -0.4 is 0 Å². The van der Waals surface area contributed by atoms with Gasteiger partial charge in [-0.2, -0.15) is 4.40 Å². The molecule has 12 heavy (non-hydrogen) atoms. The number of nitrogens with zero attached hydrogens (tertiary/aromatic N) is 2. The van der Waals surface area contributed by atoms with Gasteiger partial charge in [0.1, 0.15) is 16.4 Å². The monoisotopic (exact) mass is 304 g/mol. The maximum atomic E-state index is 10.5. The third-order valence-corrected chi connectivity index (χ3v) is 1.34. The molecule has 66 valence electrons. The standard InChI is InChI=1S/C5H9N2O2S.BrH.Zn/c1-4-10(8,9)6-5-7(2)3;;/h5H,1H2,2-3H3;1H;/q-1;;+2/p-1. The molecule has 0 aromatic rings. The van der Waals surface area contributed by atoms with Crippen molar-refractivity contribution in [2.45, 2.75) is 0 Å². The Morgan fingerprint density at radius 3 is 2.25 bits per heavy atom. The van der Waals surface area contributed by atoms with Crippen molar-refractivity contribution in [2.24, 2.45) is 4.40 Å². The molecule has 0 rings (SSSR count). The molecule has 0 aliphatic carbocycles. The first-order chi connectivity index (χ1) is 5.48. The van der Waals surface area contributed by atoms with E-state index in [0.29, 0.717) is 0 Å². The van der Waals surface area contributed by atoms with Gasteiger partial charge in [-0.15, -0.1) is 0 Å². The Kier molecular flexibility index (Phi) is 9.71. The van der Waals surface area contributed by atoms with Crippen LogP contribution in [-0.2, 0) is 26.4 Å². The quantitative estimate of drug-likeness (QED) is 0.334. The van der Waals surface area contributed by atoms with Gasteiger partial charge in [-0.3, -0.25) is 6.58 Å². The molecule has 0 bridgehead atoms. The first-order valence-corrected chi connectivity index (χ1v) is 11.1.